The number of hydrogen-bond donors (Lipinski definition) is 1. The summed E-state index contributed by atoms with van der Waals surface area (Å²) in [6.07, 6.45) is 0. The third-order valence-corrected chi connectivity index (χ3v) is 3.88. The van der Waals surface area contributed by atoms with Gasteiger partial charge in [0.1, 0.15) is 0 Å². The zero-order chi connectivity index (χ0) is 10.6. The SMILES string of the molecule is CNC(C)CSc1ccc(Cl)c(Cl)c1. The van der Waals surface area contributed by atoms with Gasteiger partial charge in [0, 0.05) is 16.7 Å². The Kier molecular flexibility index (Phi) is 5.10. The predicted molar refractivity (Wildman–Crippen MR) is 65.7 cm³/mol. The fourth-order valence-electron chi connectivity index (χ4n) is 0.871. The van der Waals surface area contributed by atoms with Gasteiger partial charge < -0.3 is 5.32 Å². The molecule has 14 heavy (non-hydrogen) atoms. The summed E-state index contributed by atoms with van der Waals surface area (Å²) in [5, 5.41) is 4.41. The van der Waals surface area contributed by atoms with Gasteiger partial charge in [-0.05, 0) is 32.2 Å². The number of benzene rings is 1. The second-order valence-electron chi connectivity index (χ2n) is 3.08. The fraction of sp³-hybridized carbons (Fsp3) is 0.400. The van der Waals surface area contributed by atoms with Crippen LogP contribution in [-0.4, -0.2) is 18.8 Å². The molecule has 0 heterocycles. The maximum atomic E-state index is 5.90. The van der Waals surface area contributed by atoms with Crippen LogP contribution in [0, 0.1) is 0 Å². The maximum Gasteiger partial charge on any atom is 0.0603 e. The van der Waals surface area contributed by atoms with Gasteiger partial charge in [-0.25, -0.2) is 0 Å². The van der Waals surface area contributed by atoms with Gasteiger partial charge in [0.05, 0.1) is 10.0 Å². The van der Waals surface area contributed by atoms with E-state index in [1.165, 1.54) is 0 Å². The summed E-state index contributed by atoms with van der Waals surface area (Å²) in [5.41, 5.74) is 0. The van der Waals surface area contributed by atoms with Crippen molar-refractivity contribution >= 4 is 35.0 Å². The first-order chi connectivity index (χ1) is 6.63. The van der Waals surface area contributed by atoms with Crippen molar-refractivity contribution < 1.29 is 0 Å². The first-order valence-corrected chi connectivity index (χ1v) is 6.12. The van der Waals surface area contributed by atoms with Crippen molar-refractivity contribution in [2.45, 2.75) is 17.9 Å². The molecule has 0 aliphatic rings. The smallest absolute Gasteiger partial charge is 0.0603 e. The van der Waals surface area contributed by atoms with Crippen molar-refractivity contribution in [2.24, 2.45) is 0 Å². The first-order valence-electron chi connectivity index (χ1n) is 4.38. The average molecular weight is 250 g/mol. The van der Waals surface area contributed by atoms with Crippen molar-refractivity contribution in [1.29, 1.82) is 0 Å². The van der Waals surface area contributed by atoms with Crippen LogP contribution < -0.4 is 5.32 Å². The third kappa shape index (κ3) is 3.70. The maximum absolute atomic E-state index is 5.90. The molecule has 1 rings (SSSR count). The molecule has 1 aromatic carbocycles. The van der Waals surface area contributed by atoms with Gasteiger partial charge >= 0.3 is 0 Å². The Morgan fingerprint density at radius 1 is 1.36 bits per heavy atom. The molecular formula is C10H13Cl2NS. The molecule has 1 atom stereocenters. The zero-order valence-electron chi connectivity index (χ0n) is 8.18. The monoisotopic (exact) mass is 249 g/mol. The van der Waals surface area contributed by atoms with Crippen LogP contribution >= 0.6 is 35.0 Å². The van der Waals surface area contributed by atoms with Gasteiger partial charge in [-0.1, -0.05) is 23.2 Å². The van der Waals surface area contributed by atoms with E-state index < -0.39 is 0 Å². The molecular weight excluding hydrogens is 237 g/mol. The van der Waals surface area contributed by atoms with E-state index >= 15 is 0 Å². The van der Waals surface area contributed by atoms with Crippen LogP contribution in [0.3, 0.4) is 0 Å². The van der Waals surface area contributed by atoms with Crippen LogP contribution in [-0.2, 0) is 0 Å². The summed E-state index contributed by atoms with van der Waals surface area (Å²) in [6, 6.07) is 6.21. The van der Waals surface area contributed by atoms with E-state index in [1.807, 2.05) is 25.2 Å². The van der Waals surface area contributed by atoms with Crippen LogP contribution in [0.25, 0.3) is 0 Å². The lowest BCUT2D eigenvalue weighted by Crippen LogP contribution is -2.23. The Morgan fingerprint density at radius 2 is 2.07 bits per heavy atom. The summed E-state index contributed by atoms with van der Waals surface area (Å²) < 4.78 is 0. The van der Waals surface area contributed by atoms with E-state index in [0.717, 1.165) is 10.6 Å². The molecule has 1 nitrogen and oxygen atoms in total. The molecule has 0 bridgehead atoms. The number of thioether (sulfide) groups is 1. The van der Waals surface area contributed by atoms with Gasteiger partial charge in [0.25, 0.3) is 0 Å². The molecule has 0 aliphatic heterocycles. The average Bonchev–Trinajstić information content (AvgIpc) is 2.19. The minimum atomic E-state index is 0.495. The Hall–Kier alpha value is 0.110. The summed E-state index contributed by atoms with van der Waals surface area (Å²) >= 11 is 13.5. The Balaban J connectivity index is 2.55. The van der Waals surface area contributed by atoms with E-state index in [0.29, 0.717) is 16.1 Å². The second-order valence-corrected chi connectivity index (χ2v) is 4.98. The molecule has 0 saturated heterocycles. The Bertz CT molecular complexity index is 304. The Labute approximate surface area is 99.2 Å². The molecule has 1 unspecified atom stereocenters. The first kappa shape index (κ1) is 12.2. The lowest BCUT2D eigenvalue weighted by atomic mass is 10.4. The van der Waals surface area contributed by atoms with Crippen LogP contribution in [0.4, 0.5) is 0 Å². The molecule has 4 heteroatoms. The summed E-state index contributed by atoms with van der Waals surface area (Å²) in [7, 11) is 1.96. The highest BCUT2D eigenvalue weighted by Crippen LogP contribution is 2.28. The van der Waals surface area contributed by atoms with E-state index in [4.69, 9.17) is 23.2 Å². The topological polar surface area (TPSA) is 12.0 Å². The lowest BCUT2D eigenvalue weighted by Gasteiger charge is -2.09. The predicted octanol–water partition coefficient (Wildman–Crippen LogP) is 3.69. The quantitative estimate of drug-likeness (QED) is 0.818. The van der Waals surface area contributed by atoms with Crippen LogP contribution in [0.2, 0.25) is 10.0 Å². The highest BCUT2D eigenvalue weighted by atomic mass is 35.5. The lowest BCUT2D eigenvalue weighted by molar-refractivity contribution is 0.677. The van der Waals surface area contributed by atoms with Crippen LogP contribution in [0.15, 0.2) is 23.1 Å². The standard InChI is InChI=1S/C10H13Cl2NS/c1-7(13-2)6-14-8-3-4-9(11)10(12)5-8/h3-5,7,13H,6H2,1-2H3. The molecule has 0 radical (unpaired) electrons. The largest absolute Gasteiger partial charge is 0.316 e. The fourth-order valence-corrected chi connectivity index (χ4v) is 2.21. The van der Waals surface area contributed by atoms with Gasteiger partial charge in [0.15, 0.2) is 0 Å². The molecule has 0 aliphatic carbocycles. The minimum Gasteiger partial charge on any atom is -0.316 e. The van der Waals surface area contributed by atoms with Gasteiger partial charge in [-0.15, -0.1) is 11.8 Å². The number of halogens is 2. The summed E-state index contributed by atoms with van der Waals surface area (Å²) in [6.45, 7) is 2.14. The normalized spacial score (nSPS) is 12.9. The number of nitrogens with one attached hydrogen (secondary N) is 1. The highest BCUT2D eigenvalue weighted by molar-refractivity contribution is 7.99. The molecule has 1 N–H and O–H groups in total. The van der Waals surface area contributed by atoms with Crippen molar-refractivity contribution in [3.05, 3.63) is 28.2 Å². The zero-order valence-corrected chi connectivity index (χ0v) is 10.5. The van der Waals surface area contributed by atoms with Crippen molar-refractivity contribution in [3.8, 4) is 0 Å². The van der Waals surface area contributed by atoms with Crippen molar-refractivity contribution in [2.75, 3.05) is 12.8 Å². The molecule has 0 fully saturated rings. The van der Waals surface area contributed by atoms with E-state index in [1.54, 1.807) is 11.8 Å². The minimum absolute atomic E-state index is 0.495. The summed E-state index contributed by atoms with van der Waals surface area (Å²) in [5.74, 6) is 1.02. The van der Waals surface area contributed by atoms with Crippen LogP contribution in [0.1, 0.15) is 6.92 Å². The van der Waals surface area contributed by atoms with Gasteiger partial charge in [-0.3, -0.25) is 0 Å². The van der Waals surface area contributed by atoms with E-state index in [9.17, 15) is 0 Å². The molecule has 0 amide bonds. The van der Waals surface area contributed by atoms with Crippen molar-refractivity contribution in [1.82, 2.24) is 5.32 Å². The van der Waals surface area contributed by atoms with Gasteiger partial charge in [-0.2, -0.15) is 0 Å². The summed E-state index contributed by atoms with van der Waals surface area (Å²) in [4.78, 5) is 1.15. The number of rotatable bonds is 4. The molecule has 0 aromatic heterocycles. The Morgan fingerprint density at radius 3 is 2.64 bits per heavy atom. The second kappa shape index (κ2) is 5.86. The highest BCUT2D eigenvalue weighted by Gasteiger charge is 2.02. The van der Waals surface area contributed by atoms with E-state index in [2.05, 4.69) is 12.2 Å². The molecule has 78 valence electrons. The third-order valence-electron chi connectivity index (χ3n) is 1.88. The van der Waals surface area contributed by atoms with E-state index in [-0.39, 0.29) is 0 Å². The van der Waals surface area contributed by atoms with Crippen molar-refractivity contribution in [3.63, 3.8) is 0 Å². The molecule has 1 aromatic rings. The number of hydrogen-bond acceptors (Lipinski definition) is 2. The molecule has 0 spiro atoms. The molecule has 0 saturated carbocycles. The van der Waals surface area contributed by atoms with Gasteiger partial charge in [0.2, 0.25) is 0 Å². The van der Waals surface area contributed by atoms with Crippen LogP contribution in [0.5, 0.6) is 0 Å².